The molecule has 0 aliphatic carbocycles. The van der Waals surface area contributed by atoms with E-state index in [0.717, 1.165) is 25.8 Å². The molecule has 0 aromatic carbocycles. The molecule has 2 unspecified atom stereocenters. The predicted octanol–water partition coefficient (Wildman–Crippen LogP) is 1.51. The summed E-state index contributed by atoms with van der Waals surface area (Å²) in [6.07, 6.45) is 5.83. The van der Waals surface area contributed by atoms with Crippen molar-refractivity contribution in [2.75, 3.05) is 6.54 Å². The van der Waals surface area contributed by atoms with Crippen molar-refractivity contribution < 1.29 is 4.79 Å². The molecule has 1 aliphatic heterocycles. The summed E-state index contributed by atoms with van der Waals surface area (Å²) < 4.78 is 0. The van der Waals surface area contributed by atoms with E-state index in [-0.39, 0.29) is 11.9 Å². The molecule has 3 nitrogen and oxygen atoms in total. The van der Waals surface area contributed by atoms with Crippen LogP contribution >= 0.6 is 0 Å². The molecule has 1 fully saturated rings. The maximum absolute atomic E-state index is 11.4. The standard InChI is InChI=1S/C11H22N2O/c1-3-5-7-9(6-4-2)13-8-10(12)11(13)14/h9-10H,3-8,12H2,1-2H3. The minimum Gasteiger partial charge on any atom is -0.336 e. The summed E-state index contributed by atoms with van der Waals surface area (Å²) in [6.45, 7) is 5.13. The van der Waals surface area contributed by atoms with Gasteiger partial charge >= 0.3 is 0 Å². The molecule has 1 saturated heterocycles. The molecular weight excluding hydrogens is 176 g/mol. The number of likely N-dealkylation sites (tertiary alicyclic amines) is 1. The Labute approximate surface area is 86.6 Å². The van der Waals surface area contributed by atoms with E-state index in [1.54, 1.807) is 0 Å². The molecule has 0 aromatic heterocycles. The van der Waals surface area contributed by atoms with E-state index in [1.807, 2.05) is 4.90 Å². The van der Waals surface area contributed by atoms with Crippen LogP contribution in [-0.2, 0) is 4.79 Å². The van der Waals surface area contributed by atoms with Gasteiger partial charge in [0.1, 0.15) is 6.04 Å². The fourth-order valence-electron chi connectivity index (χ4n) is 2.04. The number of unbranched alkanes of at least 4 members (excludes halogenated alkanes) is 1. The van der Waals surface area contributed by atoms with Crippen LogP contribution in [0.5, 0.6) is 0 Å². The Morgan fingerprint density at radius 2 is 2.14 bits per heavy atom. The van der Waals surface area contributed by atoms with Gasteiger partial charge in [-0.3, -0.25) is 4.79 Å². The van der Waals surface area contributed by atoms with Crippen LogP contribution in [-0.4, -0.2) is 29.4 Å². The van der Waals surface area contributed by atoms with E-state index < -0.39 is 0 Å². The maximum atomic E-state index is 11.4. The lowest BCUT2D eigenvalue weighted by Crippen LogP contribution is -2.64. The van der Waals surface area contributed by atoms with Crippen molar-refractivity contribution in [2.45, 2.75) is 58.0 Å². The molecule has 0 spiro atoms. The van der Waals surface area contributed by atoms with Crippen molar-refractivity contribution >= 4 is 5.91 Å². The molecule has 1 heterocycles. The first-order valence-electron chi connectivity index (χ1n) is 5.76. The molecule has 3 heteroatoms. The number of hydrogen-bond acceptors (Lipinski definition) is 2. The quantitative estimate of drug-likeness (QED) is 0.658. The molecule has 1 rings (SSSR count). The van der Waals surface area contributed by atoms with Crippen molar-refractivity contribution in [1.82, 2.24) is 4.90 Å². The molecule has 1 aliphatic rings. The Balaban J connectivity index is 2.38. The van der Waals surface area contributed by atoms with E-state index in [0.29, 0.717) is 6.04 Å². The highest BCUT2D eigenvalue weighted by atomic mass is 16.2. The van der Waals surface area contributed by atoms with E-state index in [1.165, 1.54) is 12.8 Å². The van der Waals surface area contributed by atoms with Crippen LogP contribution in [0.4, 0.5) is 0 Å². The van der Waals surface area contributed by atoms with Gasteiger partial charge in [-0.2, -0.15) is 0 Å². The van der Waals surface area contributed by atoms with Crippen LogP contribution in [0.15, 0.2) is 0 Å². The Bertz CT molecular complexity index is 194. The molecule has 0 saturated carbocycles. The highest BCUT2D eigenvalue weighted by Gasteiger charge is 2.37. The fourth-order valence-corrected chi connectivity index (χ4v) is 2.04. The molecule has 0 bridgehead atoms. The number of hydrogen-bond donors (Lipinski definition) is 1. The second kappa shape index (κ2) is 5.35. The molecule has 14 heavy (non-hydrogen) atoms. The van der Waals surface area contributed by atoms with Crippen LogP contribution in [0.25, 0.3) is 0 Å². The average molecular weight is 198 g/mol. The van der Waals surface area contributed by atoms with Gasteiger partial charge in [-0.15, -0.1) is 0 Å². The van der Waals surface area contributed by atoms with Gasteiger partial charge in [0, 0.05) is 12.6 Å². The smallest absolute Gasteiger partial charge is 0.241 e. The summed E-state index contributed by atoms with van der Waals surface area (Å²) >= 11 is 0. The molecule has 82 valence electrons. The van der Waals surface area contributed by atoms with Crippen LogP contribution in [0.3, 0.4) is 0 Å². The van der Waals surface area contributed by atoms with Gasteiger partial charge in [0.2, 0.25) is 5.91 Å². The Morgan fingerprint density at radius 3 is 2.57 bits per heavy atom. The van der Waals surface area contributed by atoms with Crippen molar-refractivity contribution in [3.63, 3.8) is 0 Å². The third-order valence-electron chi connectivity index (χ3n) is 2.95. The molecular formula is C11H22N2O. The van der Waals surface area contributed by atoms with E-state index in [9.17, 15) is 4.79 Å². The summed E-state index contributed by atoms with van der Waals surface area (Å²) in [5.74, 6) is 0.152. The largest absolute Gasteiger partial charge is 0.336 e. The van der Waals surface area contributed by atoms with Gasteiger partial charge < -0.3 is 10.6 Å². The van der Waals surface area contributed by atoms with Gasteiger partial charge in [-0.05, 0) is 12.8 Å². The number of nitrogens with two attached hydrogens (primary N) is 1. The van der Waals surface area contributed by atoms with Gasteiger partial charge in [0.25, 0.3) is 0 Å². The number of carbonyl (C=O) groups is 1. The lowest BCUT2D eigenvalue weighted by atomic mass is 9.97. The summed E-state index contributed by atoms with van der Waals surface area (Å²) in [7, 11) is 0. The first-order chi connectivity index (χ1) is 6.70. The topological polar surface area (TPSA) is 46.3 Å². The Morgan fingerprint density at radius 1 is 1.43 bits per heavy atom. The highest BCUT2D eigenvalue weighted by Crippen LogP contribution is 2.20. The molecule has 1 amide bonds. The molecule has 0 aromatic rings. The summed E-state index contributed by atoms with van der Waals surface area (Å²) in [5.41, 5.74) is 5.58. The van der Waals surface area contributed by atoms with Crippen molar-refractivity contribution in [1.29, 1.82) is 0 Å². The SMILES string of the molecule is CCCCC(CCC)N1CC(N)C1=O. The van der Waals surface area contributed by atoms with Gasteiger partial charge in [-0.25, -0.2) is 0 Å². The van der Waals surface area contributed by atoms with Gasteiger partial charge in [0.15, 0.2) is 0 Å². The van der Waals surface area contributed by atoms with Gasteiger partial charge in [0.05, 0.1) is 0 Å². The summed E-state index contributed by atoms with van der Waals surface area (Å²) in [5, 5.41) is 0. The molecule has 2 atom stereocenters. The third kappa shape index (κ3) is 2.47. The third-order valence-corrected chi connectivity index (χ3v) is 2.95. The predicted molar refractivity (Wildman–Crippen MR) is 57.9 cm³/mol. The van der Waals surface area contributed by atoms with Crippen molar-refractivity contribution in [2.24, 2.45) is 5.73 Å². The fraction of sp³-hybridized carbons (Fsp3) is 0.909. The van der Waals surface area contributed by atoms with Crippen LogP contribution < -0.4 is 5.73 Å². The zero-order valence-corrected chi connectivity index (χ0v) is 9.33. The van der Waals surface area contributed by atoms with E-state index in [2.05, 4.69) is 13.8 Å². The second-order valence-electron chi connectivity index (χ2n) is 4.18. The minimum absolute atomic E-state index is 0.152. The minimum atomic E-state index is -0.212. The number of rotatable bonds is 6. The van der Waals surface area contributed by atoms with Crippen molar-refractivity contribution in [3.05, 3.63) is 0 Å². The van der Waals surface area contributed by atoms with E-state index in [4.69, 9.17) is 5.73 Å². The normalized spacial score (nSPS) is 23.5. The Kier molecular flexibility index (Phi) is 4.39. The van der Waals surface area contributed by atoms with Crippen LogP contribution in [0, 0.1) is 0 Å². The number of amides is 1. The van der Waals surface area contributed by atoms with Crippen molar-refractivity contribution in [3.8, 4) is 0 Å². The summed E-state index contributed by atoms with van der Waals surface area (Å²) in [6, 6.07) is 0.239. The number of β-lactam (4-membered cyclic amide) rings is 1. The Hall–Kier alpha value is -0.570. The first kappa shape index (κ1) is 11.5. The number of carbonyl (C=O) groups excluding carboxylic acids is 1. The van der Waals surface area contributed by atoms with Crippen LogP contribution in [0.2, 0.25) is 0 Å². The van der Waals surface area contributed by atoms with Gasteiger partial charge in [-0.1, -0.05) is 33.1 Å². The second-order valence-corrected chi connectivity index (χ2v) is 4.18. The lowest BCUT2D eigenvalue weighted by molar-refractivity contribution is -0.146. The maximum Gasteiger partial charge on any atom is 0.241 e. The van der Waals surface area contributed by atoms with Crippen LogP contribution in [0.1, 0.15) is 46.0 Å². The highest BCUT2D eigenvalue weighted by molar-refractivity contribution is 5.87. The lowest BCUT2D eigenvalue weighted by Gasteiger charge is -2.42. The zero-order chi connectivity index (χ0) is 10.6. The average Bonchev–Trinajstić information content (AvgIpc) is 2.20. The molecule has 2 N–H and O–H groups in total. The molecule has 0 radical (unpaired) electrons. The zero-order valence-electron chi connectivity index (χ0n) is 9.33. The number of nitrogens with zero attached hydrogens (tertiary/aromatic N) is 1. The summed E-state index contributed by atoms with van der Waals surface area (Å²) in [4.78, 5) is 13.4. The monoisotopic (exact) mass is 198 g/mol. The first-order valence-corrected chi connectivity index (χ1v) is 5.76. The van der Waals surface area contributed by atoms with E-state index >= 15 is 0 Å².